The van der Waals surface area contributed by atoms with Crippen molar-refractivity contribution in [3.05, 3.63) is 58.7 Å². The van der Waals surface area contributed by atoms with Gasteiger partial charge in [-0.2, -0.15) is 0 Å². The number of nitrogens with one attached hydrogen (secondary N) is 1. The predicted molar refractivity (Wildman–Crippen MR) is 140 cm³/mol. The fourth-order valence-corrected chi connectivity index (χ4v) is 5.26. The number of likely N-dealkylation sites (tertiary alicyclic amines) is 1. The molecule has 6 nitrogen and oxygen atoms in total. The van der Waals surface area contributed by atoms with Gasteiger partial charge in [0.25, 0.3) is 0 Å². The van der Waals surface area contributed by atoms with Crippen molar-refractivity contribution in [1.82, 2.24) is 14.9 Å². The van der Waals surface area contributed by atoms with Crippen LogP contribution in [-0.4, -0.2) is 54.2 Å². The number of piperidine rings is 1. The van der Waals surface area contributed by atoms with Crippen molar-refractivity contribution in [1.29, 1.82) is 0 Å². The minimum absolute atomic E-state index is 0.106. The average molecular weight is 514 g/mol. The highest BCUT2D eigenvalue weighted by atomic mass is 35.5. The molecule has 190 valence electrons. The molecule has 0 bridgehead atoms. The summed E-state index contributed by atoms with van der Waals surface area (Å²) in [6, 6.07) is 8.80. The van der Waals surface area contributed by atoms with E-state index in [0.717, 1.165) is 43.4 Å². The topological polar surface area (TPSA) is 53.5 Å². The Morgan fingerprint density at radius 1 is 1.08 bits per heavy atom. The predicted octanol–water partition coefficient (Wildman–Crippen LogP) is 6.24. The Kier molecular flexibility index (Phi) is 6.99. The standard InChI is InChI=1S/C27H30ClF2N5O/c1-16(2)35-10-11-36-26-21(28)12-18(13-24(26)35)25-23(30)15-31-27(33-25)32-19-4-5-20(22(29)14-19)17-6-8-34(3)9-7-17/h4-5,12-17H,6-11H2,1-3H3,(H,31,32,33). The first kappa shape index (κ1) is 24.7. The maximum Gasteiger partial charge on any atom is 0.227 e. The summed E-state index contributed by atoms with van der Waals surface area (Å²) in [6.45, 7) is 7.34. The zero-order valence-corrected chi connectivity index (χ0v) is 21.4. The van der Waals surface area contributed by atoms with E-state index < -0.39 is 5.82 Å². The molecule has 3 aromatic rings. The van der Waals surface area contributed by atoms with Crippen molar-refractivity contribution in [2.24, 2.45) is 0 Å². The maximum absolute atomic E-state index is 15.0. The van der Waals surface area contributed by atoms with Gasteiger partial charge in [0.15, 0.2) is 11.6 Å². The molecule has 36 heavy (non-hydrogen) atoms. The number of hydrogen-bond donors (Lipinski definition) is 1. The summed E-state index contributed by atoms with van der Waals surface area (Å²) in [5, 5.41) is 3.41. The molecule has 1 aromatic heterocycles. The Labute approximate surface area is 215 Å². The second-order valence-electron chi connectivity index (χ2n) is 9.77. The van der Waals surface area contributed by atoms with Crippen molar-refractivity contribution < 1.29 is 13.5 Å². The molecular formula is C27H30ClF2N5O. The Bertz CT molecular complexity index is 1260. The van der Waals surface area contributed by atoms with E-state index in [1.54, 1.807) is 6.07 Å². The zero-order chi connectivity index (χ0) is 25.4. The Hall–Kier alpha value is -2.97. The van der Waals surface area contributed by atoms with Gasteiger partial charge < -0.3 is 19.9 Å². The van der Waals surface area contributed by atoms with Gasteiger partial charge in [0, 0.05) is 17.3 Å². The van der Waals surface area contributed by atoms with Crippen molar-refractivity contribution >= 4 is 28.9 Å². The van der Waals surface area contributed by atoms with Crippen molar-refractivity contribution in [3.63, 3.8) is 0 Å². The Balaban J connectivity index is 1.41. The third-order valence-electron chi connectivity index (χ3n) is 6.97. The highest BCUT2D eigenvalue weighted by Gasteiger charge is 2.25. The molecule has 2 aliphatic heterocycles. The fraction of sp³-hybridized carbons (Fsp3) is 0.407. The molecule has 2 aromatic carbocycles. The van der Waals surface area contributed by atoms with Crippen LogP contribution >= 0.6 is 11.6 Å². The van der Waals surface area contributed by atoms with Gasteiger partial charge in [0.05, 0.1) is 23.5 Å². The number of anilines is 3. The molecule has 0 radical (unpaired) electrons. The lowest BCUT2D eigenvalue weighted by molar-refractivity contribution is 0.253. The summed E-state index contributed by atoms with van der Waals surface area (Å²) in [4.78, 5) is 12.9. The molecule has 3 heterocycles. The first-order valence-corrected chi connectivity index (χ1v) is 12.7. The highest BCUT2D eigenvalue weighted by Crippen LogP contribution is 2.42. The van der Waals surface area contributed by atoms with E-state index in [4.69, 9.17) is 16.3 Å². The van der Waals surface area contributed by atoms with E-state index >= 15 is 0 Å². The first-order chi connectivity index (χ1) is 17.3. The van der Waals surface area contributed by atoms with E-state index in [1.165, 1.54) is 6.07 Å². The van der Waals surface area contributed by atoms with Crippen LogP contribution in [0.4, 0.5) is 26.1 Å². The second-order valence-corrected chi connectivity index (χ2v) is 10.2. The van der Waals surface area contributed by atoms with Crippen LogP contribution in [0.15, 0.2) is 36.5 Å². The van der Waals surface area contributed by atoms with Gasteiger partial charge in [-0.3, -0.25) is 0 Å². The third kappa shape index (κ3) is 4.97. The van der Waals surface area contributed by atoms with Gasteiger partial charge in [-0.1, -0.05) is 17.7 Å². The third-order valence-corrected chi connectivity index (χ3v) is 7.25. The van der Waals surface area contributed by atoms with Gasteiger partial charge in [-0.25, -0.2) is 18.7 Å². The largest absolute Gasteiger partial charge is 0.488 e. The van der Waals surface area contributed by atoms with Gasteiger partial charge >= 0.3 is 0 Å². The second kappa shape index (κ2) is 10.2. The summed E-state index contributed by atoms with van der Waals surface area (Å²) >= 11 is 6.52. The number of ether oxygens (including phenoxy) is 1. The number of benzene rings is 2. The van der Waals surface area contributed by atoms with Crippen LogP contribution < -0.4 is 15.0 Å². The highest BCUT2D eigenvalue weighted by molar-refractivity contribution is 6.33. The fourth-order valence-electron chi connectivity index (χ4n) is 4.99. The zero-order valence-electron chi connectivity index (χ0n) is 20.7. The minimum atomic E-state index is -0.576. The lowest BCUT2D eigenvalue weighted by Gasteiger charge is -2.35. The van der Waals surface area contributed by atoms with Crippen LogP contribution in [0, 0.1) is 11.6 Å². The van der Waals surface area contributed by atoms with E-state index in [-0.39, 0.29) is 29.4 Å². The lowest BCUT2D eigenvalue weighted by atomic mass is 9.89. The average Bonchev–Trinajstić information content (AvgIpc) is 2.85. The van der Waals surface area contributed by atoms with E-state index in [0.29, 0.717) is 35.2 Å². The molecule has 5 rings (SSSR count). The van der Waals surface area contributed by atoms with E-state index in [2.05, 4.69) is 46.0 Å². The van der Waals surface area contributed by atoms with Crippen LogP contribution in [0.2, 0.25) is 5.02 Å². The SMILES string of the molecule is CC(C)N1CCOc2c(Cl)cc(-c3nc(Nc4ccc(C5CCN(C)CC5)c(F)c4)ncc3F)cc21. The molecule has 1 saturated heterocycles. The van der Waals surface area contributed by atoms with Gasteiger partial charge in [0.2, 0.25) is 5.95 Å². The number of fused-ring (bicyclic) bond motifs is 1. The van der Waals surface area contributed by atoms with Gasteiger partial charge in [0.1, 0.15) is 18.1 Å². The van der Waals surface area contributed by atoms with Crippen molar-refractivity contribution in [2.45, 2.75) is 38.6 Å². The number of aromatic nitrogens is 2. The normalized spacial score (nSPS) is 16.7. The summed E-state index contributed by atoms with van der Waals surface area (Å²) < 4.78 is 35.6. The molecule has 1 N–H and O–H groups in total. The van der Waals surface area contributed by atoms with Crippen LogP contribution in [0.1, 0.15) is 38.2 Å². The molecule has 1 fully saturated rings. The summed E-state index contributed by atoms with van der Waals surface area (Å²) in [6.07, 6.45) is 2.98. The molecule has 0 unspecified atom stereocenters. The molecule has 0 amide bonds. The van der Waals surface area contributed by atoms with Gasteiger partial charge in [-0.05, 0) is 82.6 Å². The maximum atomic E-state index is 15.0. The Morgan fingerprint density at radius 3 is 2.58 bits per heavy atom. The number of rotatable bonds is 5. The molecule has 2 aliphatic rings. The van der Waals surface area contributed by atoms with Crippen LogP contribution in [0.25, 0.3) is 11.3 Å². The van der Waals surface area contributed by atoms with Gasteiger partial charge in [-0.15, -0.1) is 0 Å². The van der Waals surface area contributed by atoms with E-state index in [9.17, 15) is 8.78 Å². The molecule has 0 atom stereocenters. The van der Waals surface area contributed by atoms with Crippen LogP contribution in [0.3, 0.4) is 0 Å². The number of hydrogen-bond acceptors (Lipinski definition) is 6. The van der Waals surface area contributed by atoms with Crippen molar-refractivity contribution in [3.8, 4) is 17.0 Å². The summed E-state index contributed by atoms with van der Waals surface area (Å²) in [5.74, 6) is 0.143. The summed E-state index contributed by atoms with van der Waals surface area (Å²) in [5.41, 5.74) is 2.66. The van der Waals surface area contributed by atoms with Crippen LogP contribution in [0.5, 0.6) is 5.75 Å². The minimum Gasteiger partial charge on any atom is -0.488 e. The summed E-state index contributed by atoms with van der Waals surface area (Å²) in [7, 11) is 2.09. The van der Waals surface area contributed by atoms with E-state index in [1.807, 2.05) is 18.2 Å². The Morgan fingerprint density at radius 2 is 1.86 bits per heavy atom. The number of halogens is 3. The quantitative estimate of drug-likeness (QED) is 0.436. The first-order valence-electron chi connectivity index (χ1n) is 12.3. The van der Waals surface area contributed by atoms with Crippen LogP contribution in [-0.2, 0) is 0 Å². The lowest BCUT2D eigenvalue weighted by Crippen LogP contribution is -2.38. The molecule has 0 spiro atoms. The molecule has 0 aliphatic carbocycles. The molecular weight excluding hydrogens is 484 g/mol. The number of nitrogens with zero attached hydrogens (tertiary/aromatic N) is 4. The van der Waals surface area contributed by atoms with Crippen molar-refractivity contribution in [2.75, 3.05) is 43.5 Å². The smallest absolute Gasteiger partial charge is 0.227 e. The molecule has 0 saturated carbocycles. The monoisotopic (exact) mass is 513 g/mol. The molecule has 9 heteroatoms.